The van der Waals surface area contributed by atoms with E-state index in [-0.39, 0.29) is 18.1 Å². The summed E-state index contributed by atoms with van der Waals surface area (Å²) in [5.74, 6) is 0.809. The molecule has 1 heterocycles. The van der Waals surface area contributed by atoms with Crippen LogP contribution in [0.5, 0.6) is 5.75 Å². The highest BCUT2D eigenvalue weighted by Crippen LogP contribution is 2.17. The zero-order valence-electron chi connectivity index (χ0n) is 11.5. The molecule has 1 N–H and O–H groups in total. The Labute approximate surface area is 114 Å². The highest BCUT2D eigenvalue weighted by Gasteiger charge is 2.22. The van der Waals surface area contributed by atoms with Gasteiger partial charge in [-0.2, -0.15) is 0 Å². The molecule has 4 heteroatoms. The van der Waals surface area contributed by atoms with Gasteiger partial charge >= 0.3 is 0 Å². The van der Waals surface area contributed by atoms with Gasteiger partial charge in [0.05, 0.1) is 12.2 Å². The van der Waals surface area contributed by atoms with E-state index in [4.69, 9.17) is 4.74 Å². The van der Waals surface area contributed by atoms with Gasteiger partial charge in [0.1, 0.15) is 5.75 Å². The Morgan fingerprint density at radius 2 is 1.84 bits per heavy atom. The fourth-order valence-electron chi connectivity index (χ4n) is 2.20. The molecule has 104 valence electrons. The standard InChI is InChI=1S/C15H21NO3/c1-11(2)19-14-5-3-12(4-6-14)15(18)16-9-7-13(17)8-10-16/h3-6,11,13,17H,7-10H2,1-2H3. The van der Waals surface area contributed by atoms with Crippen molar-refractivity contribution >= 4 is 5.91 Å². The van der Waals surface area contributed by atoms with Crippen LogP contribution in [0.1, 0.15) is 37.0 Å². The van der Waals surface area contributed by atoms with Crippen molar-refractivity contribution in [2.75, 3.05) is 13.1 Å². The second kappa shape index (κ2) is 6.06. The van der Waals surface area contributed by atoms with Crippen molar-refractivity contribution in [2.24, 2.45) is 0 Å². The number of hydrogen-bond donors (Lipinski definition) is 1. The topological polar surface area (TPSA) is 49.8 Å². The average Bonchev–Trinajstić information content (AvgIpc) is 2.39. The molecule has 0 atom stereocenters. The van der Waals surface area contributed by atoms with Crippen LogP contribution in [-0.2, 0) is 0 Å². The Morgan fingerprint density at radius 1 is 1.26 bits per heavy atom. The number of benzene rings is 1. The first-order chi connectivity index (χ1) is 9.06. The minimum Gasteiger partial charge on any atom is -0.491 e. The predicted molar refractivity (Wildman–Crippen MR) is 73.4 cm³/mol. The molecule has 1 aliphatic rings. The summed E-state index contributed by atoms with van der Waals surface area (Å²) in [5.41, 5.74) is 0.674. The first kappa shape index (κ1) is 13.9. The molecule has 0 aliphatic carbocycles. The van der Waals surface area contributed by atoms with Gasteiger partial charge in [0, 0.05) is 18.7 Å². The van der Waals surface area contributed by atoms with Gasteiger partial charge in [0.25, 0.3) is 5.91 Å². The number of ether oxygens (including phenoxy) is 1. The maximum Gasteiger partial charge on any atom is 0.253 e. The Balaban J connectivity index is 1.99. The second-order valence-corrected chi connectivity index (χ2v) is 5.21. The van der Waals surface area contributed by atoms with Gasteiger partial charge in [0.15, 0.2) is 0 Å². The van der Waals surface area contributed by atoms with Crippen LogP contribution in [0.3, 0.4) is 0 Å². The van der Waals surface area contributed by atoms with Gasteiger partial charge in [-0.05, 0) is 51.0 Å². The van der Waals surface area contributed by atoms with Crippen molar-refractivity contribution in [1.29, 1.82) is 0 Å². The number of likely N-dealkylation sites (tertiary alicyclic amines) is 1. The number of aliphatic hydroxyl groups is 1. The first-order valence-corrected chi connectivity index (χ1v) is 6.80. The molecule has 1 aliphatic heterocycles. The summed E-state index contributed by atoms with van der Waals surface area (Å²) in [7, 11) is 0. The summed E-state index contributed by atoms with van der Waals surface area (Å²) in [6.45, 7) is 5.20. The van der Waals surface area contributed by atoms with E-state index < -0.39 is 0 Å². The van der Waals surface area contributed by atoms with Crippen molar-refractivity contribution < 1.29 is 14.6 Å². The number of carbonyl (C=O) groups is 1. The number of aliphatic hydroxyl groups excluding tert-OH is 1. The lowest BCUT2D eigenvalue weighted by Gasteiger charge is -2.29. The maximum absolute atomic E-state index is 12.2. The molecular weight excluding hydrogens is 242 g/mol. The van der Waals surface area contributed by atoms with Gasteiger partial charge in [-0.3, -0.25) is 4.79 Å². The molecule has 0 saturated carbocycles. The van der Waals surface area contributed by atoms with Crippen LogP contribution in [0.15, 0.2) is 24.3 Å². The Morgan fingerprint density at radius 3 is 2.37 bits per heavy atom. The van der Waals surface area contributed by atoms with Crippen LogP contribution in [-0.4, -0.2) is 41.2 Å². The normalized spacial score (nSPS) is 16.7. The van der Waals surface area contributed by atoms with E-state index in [1.165, 1.54) is 0 Å². The summed E-state index contributed by atoms with van der Waals surface area (Å²) in [4.78, 5) is 14.0. The lowest BCUT2D eigenvalue weighted by atomic mass is 10.1. The summed E-state index contributed by atoms with van der Waals surface area (Å²) in [5, 5.41) is 9.45. The van der Waals surface area contributed by atoms with E-state index >= 15 is 0 Å². The SMILES string of the molecule is CC(C)Oc1ccc(C(=O)N2CCC(O)CC2)cc1. The van der Waals surface area contributed by atoms with E-state index in [2.05, 4.69) is 0 Å². The van der Waals surface area contributed by atoms with Crippen LogP contribution in [0.4, 0.5) is 0 Å². The second-order valence-electron chi connectivity index (χ2n) is 5.21. The number of piperidine rings is 1. The van der Waals surface area contributed by atoms with Crippen molar-refractivity contribution in [3.8, 4) is 5.75 Å². The molecule has 0 bridgehead atoms. The molecule has 1 aromatic rings. The van der Waals surface area contributed by atoms with Gasteiger partial charge in [-0.25, -0.2) is 0 Å². The maximum atomic E-state index is 12.2. The molecular formula is C15H21NO3. The molecule has 19 heavy (non-hydrogen) atoms. The van der Waals surface area contributed by atoms with E-state index in [0.29, 0.717) is 31.5 Å². The van der Waals surface area contributed by atoms with Gasteiger partial charge in [-0.1, -0.05) is 0 Å². The van der Waals surface area contributed by atoms with Crippen LogP contribution >= 0.6 is 0 Å². The zero-order chi connectivity index (χ0) is 13.8. The first-order valence-electron chi connectivity index (χ1n) is 6.80. The molecule has 0 spiro atoms. The fourth-order valence-corrected chi connectivity index (χ4v) is 2.20. The van der Waals surface area contributed by atoms with Crippen molar-refractivity contribution in [2.45, 2.75) is 38.9 Å². The van der Waals surface area contributed by atoms with Gasteiger partial charge in [-0.15, -0.1) is 0 Å². The van der Waals surface area contributed by atoms with Crippen LogP contribution < -0.4 is 4.74 Å². The molecule has 1 saturated heterocycles. The van der Waals surface area contributed by atoms with Crippen molar-refractivity contribution in [3.05, 3.63) is 29.8 Å². The lowest BCUT2D eigenvalue weighted by molar-refractivity contribution is 0.0546. The van der Waals surface area contributed by atoms with Crippen LogP contribution in [0, 0.1) is 0 Å². The molecule has 0 radical (unpaired) electrons. The third-order valence-electron chi connectivity index (χ3n) is 3.22. The monoisotopic (exact) mass is 263 g/mol. The summed E-state index contributed by atoms with van der Waals surface area (Å²) >= 11 is 0. The Kier molecular flexibility index (Phi) is 4.43. The summed E-state index contributed by atoms with van der Waals surface area (Å²) in [6.07, 6.45) is 1.21. The van der Waals surface area contributed by atoms with E-state index in [0.717, 1.165) is 5.75 Å². The van der Waals surface area contributed by atoms with Crippen molar-refractivity contribution in [1.82, 2.24) is 4.90 Å². The largest absolute Gasteiger partial charge is 0.491 e. The number of nitrogens with zero attached hydrogens (tertiary/aromatic N) is 1. The summed E-state index contributed by atoms with van der Waals surface area (Å²) in [6, 6.07) is 7.24. The lowest BCUT2D eigenvalue weighted by Crippen LogP contribution is -2.40. The highest BCUT2D eigenvalue weighted by molar-refractivity contribution is 5.94. The molecule has 1 fully saturated rings. The third kappa shape index (κ3) is 3.70. The molecule has 1 amide bonds. The Hall–Kier alpha value is -1.55. The van der Waals surface area contributed by atoms with Gasteiger partial charge < -0.3 is 14.7 Å². The van der Waals surface area contributed by atoms with Gasteiger partial charge in [0.2, 0.25) is 0 Å². The average molecular weight is 263 g/mol. The molecule has 0 aromatic heterocycles. The summed E-state index contributed by atoms with van der Waals surface area (Å²) < 4.78 is 5.55. The fraction of sp³-hybridized carbons (Fsp3) is 0.533. The minimum absolute atomic E-state index is 0.0306. The zero-order valence-corrected chi connectivity index (χ0v) is 11.5. The number of hydrogen-bond acceptors (Lipinski definition) is 3. The van der Waals surface area contributed by atoms with Crippen LogP contribution in [0.2, 0.25) is 0 Å². The smallest absolute Gasteiger partial charge is 0.253 e. The minimum atomic E-state index is -0.258. The van der Waals surface area contributed by atoms with E-state index in [9.17, 15) is 9.90 Å². The predicted octanol–water partition coefficient (Wildman–Crippen LogP) is 2.07. The van der Waals surface area contributed by atoms with E-state index in [1.54, 1.807) is 17.0 Å². The molecule has 4 nitrogen and oxygen atoms in total. The number of rotatable bonds is 3. The van der Waals surface area contributed by atoms with E-state index in [1.807, 2.05) is 26.0 Å². The Bertz CT molecular complexity index is 420. The van der Waals surface area contributed by atoms with Crippen LogP contribution in [0.25, 0.3) is 0 Å². The molecule has 2 rings (SSSR count). The molecule has 1 aromatic carbocycles. The highest BCUT2D eigenvalue weighted by atomic mass is 16.5. The molecule has 0 unspecified atom stereocenters. The van der Waals surface area contributed by atoms with Crippen molar-refractivity contribution in [3.63, 3.8) is 0 Å². The quantitative estimate of drug-likeness (QED) is 0.908. The third-order valence-corrected chi connectivity index (χ3v) is 3.22. The number of amides is 1. The number of carbonyl (C=O) groups excluding carboxylic acids is 1.